The zero-order valence-electron chi connectivity index (χ0n) is 15.6. The summed E-state index contributed by atoms with van der Waals surface area (Å²) in [5.41, 5.74) is 1.09. The number of nitrogens with one attached hydrogen (secondary N) is 1. The van der Waals surface area contributed by atoms with Crippen molar-refractivity contribution in [3.8, 4) is 0 Å². The molecule has 2 aromatic carbocycles. The molecule has 146 valence electrons. The minimum absolute atomic E-state index is 0.0748. The van der Waals surface area contributed by atoms with Crippen LogP contribution < -0.4 is 5.32 Å². The van der Waals surface area contributed by atoms with Crippen molar-refractivity contribution in [3.63, 3.8) is 0 Å². The number of halogens is 1. The van der Waals surface area contributed by atoms with Crippen LogP contribution in [0.5, 0.6) is 0 Å². The van der Waals surface area contributed by atoms with Gasteiger partial charge in [0.05, 0.1) is 0 Å². The minimum Gasteiger partial charge on any atom is -0.341 e. The Balaban J connectivity index is 1.52. The van der Waals surface area contributed by atoms with Crippen LogP contribution in [-0.4, -0.2) is 59.7 Å². The molecule has 7 heteroatoms. The van der Waals surface area contributed by atoms with Crippen LogP contribution in [0.4, 0.5) is 0 Å². The molecule has 0 saturated carbocycles. The van der Waals surface area contributed by atoms with Crippen LogP contribution in [0.1, 0.15) is 27.6 Å². The molecule has 1 unspecified atom stereocenters. The number of amides is 3. The SMILES string of the molecule is CC(NC(=O)c1ccccc1)C(=O)N1CCN(C(=O)c2ccc(Cl)cc2)CC1. The van der Waals surface area contributed by atoms with Gasteiger partial charge in [-0.05, 0) is 43.3 Å². The Morgan fingerprint density at radius 2 is 1.43 bits per heavy atom. The topological polar surface area (TPSA) is 69.7 Å². The minimum atomic E-state index is -0.633. The van der Waals surface area contributed by atoms with E-state index in [9.17, 15) is 14.4 Å². The molecule has 0 bridgehead atoms. The maximum absolute atomic E-state index is 12.6. The summed E-state index contributed by atoms with van der Waals surface area (Å²) in [6.07, 6.45) is 0. The first kappa shape index (κ1) is 19.9. The van der Waals surface area contributed by atoms with Crippen molar-refractivity contribution < 1.29 is 14.4 Å². The van der Waals surface area contributed by atoms with Crippen molar-refractivity contribution in [3.05, 3.63) is 70.7 Å². The van der Waals surface area contributed by atoms with Gasteiger partial charge in [-0.2, -0.15) is 0 Å². The van der Waals surface area contributed by atoms with Crippen LogP contribution in [0, 0.1) is 0 Å². The predicted octanol–water partition coefficient (Wildman–Crippen LogP) is 2.44. The van der Waals surface area contributed by atoms with Gasteiger partial charge >= 0.3 is 0 Å². The second-order valence-corrected chi connectivity index (χ2v) is 7.12. The van der Waals surface area contributed by atoms with E-state index in [1.807, 2.05) is 6.07 Å². The van der Waals surface area contributed by atoms with Crippen molar-refractivity contribution in [2.24, 2.45) is 0 Å². The van der Waals surface area contributed by atoms with Gasteiger partial charge < -0.3 is 15.1 Å². The molecule has 0 aromatic heterocycles. The monoisotopic (exact) mass is 399 g/mol. The summed E-state index contributed by atoms with van der Waals surface area (Å²) in [7, 11) is 0. The summed E-state index contributed by atoms with van der Waals surface area (Å²) in [6, 6.07) is 14.9. The highest BCUT2D eigenvalue weighted by Crippen LogP contribution is 2.13. The number of rotatable bonds is 4. The fourth-order valence-corrected chi connectivity index (χ4v) is 3.24. The van der Waals surface area contributed by atoms with E-state index >= 15 is 0 Å². The van der Waals surface area contributed by atoms with Crippen molar-refractivity contribution in [2.45, 2.75) is 13.0 Å². The third-order valence-corrected chi connectivity index (χ3v) is 4.98. The molecule has 3 amide bonds. The highest BCUT2D eigenvalue weighted by Gasteiger charge is 2.28. The standard InChI is InChI=1S/C21H22ClN3O3/c1-15(23-19(26)16-5-3-2-4-6-16)20(27)24-11-13-25(14-12-24)21(28)17-7-9-18(22)10-8-17/h2-10,15H,11-14H2,1H3,(H,23,26). The molecule has 0 aliphatic carbocycles. The van der Waals surface area contributed by atoms with E-state index in [2.05, 4.69) is 5.32 Å². The van der Waals surface area contributed by atoms with Crippen molar-refractivity contribution >= 4 is 29.3 Å². The predicted molar refractivity (Wildman–Crippen MR) is 107 cm³/mol. The Hall–Kier alpha value is -2.86. The number of piperazine rings is 1. The van der Waals surface area contributed by atoms with Crippen LogP contribution in [-0.2, 0) is 4.79 Å². The highest BCUT2D eigenvalue weighted by molar-refractivity contribution is 6.30. The summed E-state index contributed by atoms with van der Waals surface area (Å²) in [5, 5.41) is 3.32. The van der Waals surface area contributed by atoms with E-state index in [1.165, 1.54) is 0 Å². The van der Waals surface area contributed by atoms with Crippen LogP contribution in [0.2, 0.25) is 5.02 Å². The zero-order valence-corrected chi connectivity index (χ0v) is 16.4. The average Bonchev–Trinajstić information content (AvgIpc) is 2.74. The van der Waals surface area contributed by atoms with Crippen molar-refractivity contribution in [2.75, 3.05) is 26.2 Å². The molecular weight excluding hydrogens is 378 g/mol. The molecule has 0 spiro atoms. The Morgan fingerprint density at radius 1 is 0.857 bits per heavy atom. The fourth-order valence-electron chi connectivity index (χ4n) is 3.11. The summed E-state index contributed by atoms with van der Waals surface area (Å²) in [4.78, 5) is 40.8. The Labute approximate surface area is 169 Å². The lowest BCUT2D eigenvalue weighted by Crippen LogP contribution is -2.55. The molecule has 3 rings (SSSR count). The van der Waals surface area contributed by atoms with Crippen LogP contribution in [0.3, 0.4) is 0 Å². The van der Waals surface area contributed by atoms with Gasteiger partial charge in [0, 0.05) is 42.3 Å². The van der Waals surface area contributed by atoms with Gasteiger partial charge in [0.2, 0.25) is 5.91 Å². The van der Waals surface area contributed by atoms with Gasteiger partial charge in [0.1, 0.15) is 6.04 Å². The molecular formula is C21H22ClN3O3. The zero-order chi connectivity index (χ0) is 20.1. The van der Waals surface area contributed by atoms with E-state index in [4.69, 9.17) is 11.6 Å². The van der Waals surface area contributed by atoms with Crippen LogP contribution >= 0.6 is 11.6 Å². The molecule has 1 saturated heterocycles. The van der Waals surface area contributed by atoms with Crippen LogP contribution in [0.15, 0.2) is 54.6 Å². The number of carbonyl (C=O) groups excluding carboxylic acids is 3. The number of benzene rings is 2. The van der Waals surface area contributed by atoms with Gasteiger partial charge in [-0.15, -0.1) is 0 Å². The lowest BCUT2D eigenvalue weighted by atomic mass is 10.1. The number of hydrogen-bond acceptors (Lipinski definition) is 3. The molecule has 28 heavy (non-hydrogen) atoms. The third-order valence-electron chi connectivity index (χ3n) is 4.72. The van der Waals surface area contributed by atoms with E-state index < -0.39 is 6.04 Å². The molecule has 1 N–H and O–H groups in total. The molecule has 2 aromatic rings. The van der Waals surface area contributed by atoms with Crippen molar-refractivity contribution in [1.82, 2.24) is 15.1 Å². The van der Waals surface area contributed by atoms with E-state index in [0.717, 1.165) is 0 Å². The van der Waals surface area contributed by atoms with Gasteiger partial charge in [0.15, 0.2) is 0 Å². The third kappa shape index (κ3) is 4.70. The van der Waals surface area contributed by atoms with Gasteiger partial charge in [-0.1, -0.05) is 29.8 Å². The number of carbonyl (C=O) groups is 3. The summed E-state index contributed by atoms with van der Waals surface area (Å²) < 4.78 is 0. The van der Waals surface area contributed by atoms with Crippen LogP contribution in [0.25, 0.3) is 0 Å². The summed E-state index contributed by atoms with van der Waals surface area (Å²) in [6.45, 7) is 3.45. The molecule has 1 aliphatic rings. The largest absolute Gasteiger partial charge is 0.341 e. The fraction of sp³-hybridized carbons (Fsp3) is 0.286. The Kier molecular flexibility index (Phi) is 6.31. The normalized spacial score (nSPS) is 15.1. The highest BCUT2D eigenvalue weighted by atomic mass is 35.5. The molecule has 0 radical (unpaired) electrons. The first-order valence-electron chi connectivity index (χ1n) is 9.15. The second kappa shape index (κ2) is 8.89. The quantitative estimate of drug-likeness (QED) is 0.858. The maximum Gasteiger partial charge on any atom is 0.253 e. The molecule has 1 aliphatic heterocycles. The molecule has 1 fully saturated rings. The van der Waals surface area contributed by atoms with E-state index in [1.54, 1.807) is 65.3 Å². The maximum atomic E-state index is 12.6. The number of nitrogens with zero attached hydrogens (tertiary/aromatic N) is 2. The van der Waals surface area contributed by atoms with Gasteiger partial charge in [0.25, 0.3) is 11.8 Å². The first-order valence-corrected chi connectivity index (χ1v) is 9.53. The van der Waals surface area contributed by atoms with Gasteiger partial charge in [-0.25, -0.2) is 0 Å². The molecule has 1 atom stereocenters. The molecule has 1 heterocycles. The lowest BCUT2D eigenvalue weighted by molar-refractivity contribution is -0.134. The number of hydrogen-bond donors (Lipinski definition) is 1. The average molecular weight is 400 g/mol. The summed E-state index contributed by atoms with van der Waals surface area (Å²) >= 11 is 5.86. The van der Waals surface area contributed by atoms with Crippen molar-refractivity contribution in [1.29, 1.82) is 0 Å². The lowest BCUT2D eigenvalue weighted by Gasteiger charge is -2.36. The van der Waals surface area contributed by atoms with Gasteiger partial charge in [-0.3, -0.25) is 14.4 Å². The van der Waals surface area contributed by atoms with E-state index in [-0.39, 0.29) is 17.7 Å². The smallest absolute Gasteiger partial charge is 0.253 e. The summed E-state index contributed by atoms with van der Waals surface area (Å²) in [5.74, 6) is -0.505. The molecule has 6 nitrogen and oxygen atoms in total. The van der Waals surface area contributed by atoms with E-state index in [0.29, 0.717) is 42.3 Å². The Bertz CT molecular complexity index is 847. The second-order valence-electron chi connectivity index (χ2n) is 6.69. The Morgan fingerprint density at radius 3 is 2.04 bits per heavy atom. The first-order chi connectivity index (χ1) is 13.5.